The molecule has 2 nitrogen and oxygen atoms in total. The quantitative estimate of drug-likeness (QED) is 0.798. The summed E-state index contributed by atoms with van der Waals surface area (Å²) in [7, 11) is 0. The van der Waals surface area contributed by atoms with Gasteiger partial charge < -0.3 is 11.2 Å². The SMILES string of the molecule is [NH3+]CC(C1CCCCC1)(C1CCCCC1)C1CCCCC1.[OH-]. The van der Waals surface area contributed by atoms with Crippen LogP contribution in [0.1, 0.15) is 96.3 Å². The van der Waals surface area contributed by atoms with E-state index in [1.165, 1.54) is 103 Å². The fourth-order valence-corrected chi connectivity index (χ4v) is 6.53. The lowest BCUT2D eigenvalue weighted by atomic mass is 9.51. The Balaban J connectivity index is 0.00000176. The van der Waals surface area contributed by atoms with Gasteiger partial charge in [-0.25, -0.2) is 0 Å². The molecule has 0 spiro atoms. The van der Waals surface area contributed by atoms with E-state index in [0.717, 1.165) is 17.8 Å². The van der Waals surface area contributed by atoms with Crippen LogP contribution in [0.15, 0.2) is 0 Å². The molecule has 2 heteroatoms. The molecule has 0 aromatic heterocycles. The van der Waals surface area contributed by atoms with Crippen LogP contribution < -0.4 is 5.73 Å². The molecule has 0 radical (unpaired) electrons. The molecule has 3 saturated carbocycles. The molecular weight excluding hydrogens is 270 g/mol. The van der Waals surface area contributed by atoms with Crippen LogP contribution >= 0.6 is 0 Å². The van der Waals surface area contributed by atoms with Crippen molar-refractivity contribution in [2.75, 3.05) is 6.54 Å². The van der Waals surface area contributed by atoms with Gasteiger partial charge in [-0.1, -0.05) is 57.8 Å². The van der Waals surface area contributed by atoms with Crippen LogP contribution in [0.2, 0.25) is 0 Å². The van der Waals surface area contributed by atoms with Crippen molar-refractivity contribution in [2.45, 2.75) is 96.3 Å². The average Bonchev–Trinajstić information content (AvgIpc) is 2.59. The average molecular weight is 310 g/mol. The second-order valence-corrected chi connectivity index (χ2v) is 8.37. The van der Waals surface area contributed by atoms with E-state index < -0.39 is 0 Å². The first-order chi connectivity index (χ1) is 10.4. The van der Waals surface area contributed by atoms with Gasteiger partial charge in [-0.15, -0.1) is 0 Å². The van der Waals surface area contributed by atoms with Crippen molar-refractivity contribution < 1.29 is 11.2 Å². The maximum absolute atomic E-state index is 4.58. The molecule has 130 valence electrons. The van der Waals surface area contributed by atoms with Gasteiger partial charge in [0, 0.05) is 5.41 Å². The first kappa shape index (κ1) is 18.3. The lowest BCUT2D eigenvalue weighted by Gasteiger charge is -2.53. The monoisotopic (exact) mass is 309 g/mol. The van der Waals surface area contributed by atoms with Crippen LogP contribution in [0.25, 0.3) is 0 Å². The van der Waals surface area contributed by atoms with Gasteiger partial charge in [0.05, 0.1) is 6.54 Å². The zero-order valence-electron chi connectivity index (χ0n) is 14.7. The summed E-state index contributed by atoms with van der Waals surface area (Å²) >= 11 is 0. The normalized spacial score (nSPS) is 26.6. The zero-order chi connectivity index (χ0) is 14.5. The van der Waals surface area contributed by atoms with Gasteiger partial charge in [0.25, 0.3) is 0 Å². The highest BCUT2D eigenvalue weighted by Crippen LogP contribution is 2.55. The second kappa shape index (κ2) is 8.68. The summed E-state index contributed by atoms with van der Waals surface area (Å²) < 4.78 is 0. The van der Waals surface area contributed by atoms with Crippen LogP contribution in [0, 0.1) is 23.2 Å². The largest absolute Gasteiger partial charge is 0.870 e. The predicted octanol–water partition coefficient (Wildman–Crippen LogP) is 4.78. The standard InChI is InChI=1S/C20H37N.H2O/c21-16-20(17-10-4-1-5-11-17,18-12-6-2-7-13-18)19-14-8-3-9-15-19;/h17-19H,1-16,21H2;1H2. The smallest absolute Gasteiger partial charge is 0.0805 e. The fourth-order valence-electron chi connectivity index (χ4n) is 6.53. The summed E-state index contributed by atoms with van der Waals surface area (Å²) in [6.07, 6.45) is 22.7. The van der Waals surface area contributed by atoms with Crippen LogP contribution in [-0.2, 0) is 0 Å². The topological polar surface area (TPSA) is 57.6 Å². The third-order valence-electron chi connectivity index (χ3n) is 7.53. The maximum Gasteiger partial charge on any atom is 0.0805 e. The van der Waals surface area contributed by atoms with E-state index in [4.69, 9.17) is 0 Å². The summed E-state index contributed by atoms with van der Waals surface area (Å²) in [5.74, 6) is 3.07. The van der Waals surface area contributed by atoms with Gasteiger partial charge >= 0.3 is 0 Å². The Labute approximate surface area is 137 Å². The summed E-state index contributed by atoms with van der Waals surface area (Å²) in [5, 5.41) is 0. The summed E-state index contributed by atoms with van der Waals surface area (Å²) in [4.78, 5) is 0. The maximum atomic E-state index is 4.58. The third kappa shape index (κ3) is 3.53. The summed E-state index contributed by atoms with van der Waals surface area (Å²) in [6, 6.07) is 0. The van der Waals surface area contributed by atoms with Crippen LogP contribution in [0.5, 0.6) is 0 Å². The van der Waals surface area contributed by atoms with Gasteiger partial charge in [-0.05, 0) is 56.3 Å². The molecule has 0 heterocycles. The molecule has 3 fully saturated rings. The first-order valence-electron chi connectivity index (χ1n) is 10.2. The highest BCUT2D eigenvalue weighted by molar-refractivity contribution is 4.98. The van der Waals surface area contributed by atoms with Gasteiger partial charge in [-0.2, -0.15) is 0 Å². The molecular formula is C20H39NO. The predicted molar refractivity (Wildman–Crippen MR) is 91.8 cm³/mol. The first-order valence-corrected chi connectivity index (χ1v) is 10.2. The van der Waals surface area contributed by atoms with Crippen molar-refractivity contribution in [1.29, 1.82) is 0 Å². The Hall–Kier alpha value is -0.0800. The molecule has 0 bridgehead atoms. The van der Waals surface area contributed by atoms with E-state index >= 15 is 0 Å². The van der Waals surface area contributed by atoms with Crippen molar-refractivity contribution in [3.05, 3.63) is 0 Å². The van der Waals surface area contributed by atoms with E-state index in [1.807, 2.05) is 0 Å². The van der Waals surface area contributed by atoms with Crippen LogP contribution in [0.4, 0.5) is 0 Å². The van der Waals surface area contributed by atoms with Crippen molar-refractivity contribution >= 4 is 0 Å². The van der Waals surface area contributed by atoms with E-state index in [1.54, 1.807) is 0 Å². The third-order valence-corrected chi connectivity index (χ3v) is 7.53. The Bertz CT molecular complexity index is 253. The molecule has 0 unspecified atom stereocenters. The number of hydrogen-bond acceptors (Lipinski definition) is 1. The van der Waals surface area contributed by atoms with Crippen molar-refractivity contribution in [2.24, 2.45) is 23.2 Å². The van der Waals surface area contributed by atoms with E-state index in [9.17, 15) is 0 Å². The number of hydrogen-bond donors (Lipinski definition) is 1. The van der Waals surface area contributed by atoms with E-state index in [0.29, 0.717) is 5.41 Å². The van der Waals surface area contributed by atoms with Gasteiger partial charge in [-0.3, -0.25) is 0 Å². The summed E-state index contributed by atoms with van der Waals surface area (Å²) in [5.41, 5.74) is 5.22. The molecule has 3 aliphatic rings. The minimum Gasteiger partial charge on any atom is -0.870 e. The number of rotatable bonds is 4. The molecule has 0 aromatic rings. The second-order valence-electron chi connectivity index (χ2n) is 8.37. The molecule has 3 rings (SSSR count). The molecule has 3 aliphatic carbocycles. The van der Waals surface area contributed by atoms with Crippen LogP contribution in [0.3, 0.4) is 0 Å². The molecule has 0 aromatic carbocycles. The molecule has 4 N–H and O–H groups in total. The Morgan fingerprint density at radius 3 is 1.05 bits per heavy atom. The Morgan fingerprint density at radius 2 is 0.818 bits per heavy atom. The zero-order valence-corrected chi connectivity index (χ0v) is 14.7. The highest BCUT2D eigenvalue weighted by atomic mass is 16.0. The molecule has 22 heavy (non-hydrogen) atoms. The van der Waals surface area contributed by atoms with Crippen molar-refractivity contribution in [1.82, 2.24) is 0 Å². The Kier molecular flexibility index (Phi) is 7.21. The lowest BCUT2D eigenvalue weighted by Crippen LogP contribution is -2.65. The number of quaternary nitrogens is 1. The molecule has 0 atom stereocenters. The molecule has 0 saturated heterocycles. The fraction of sp³-hybridized carbons (Fsp3) is 1.00. The van der Waals surface area contributed by atoms with Crippen LogP contribution in [-0.4, -0.2) is 12.0 Å². The van der Waals surface area contributed by atoms with Crippen molar-refractivity contribution in [3.63, 3.8) is 0 Å². The lowest BCUT2D eigenvalue weighted by molar-refractivity contribution is -0.411. The Morgan fingerprint density at radius 1 is 0.545 bits per heavy atom. The minimum atomic E-state index is 0. The van der Waals surface area contributed by atoms with Gasteiger partial charge in [0.1, 0.15) is 0 Å². The minimum absolute atomic E-state index is 0. The summed E-state index contributed by atoms with van der Waals surface area (Å²) in [6.45, 7) is 1.24. The van der Waals surface area contributed by atoms with Gasteiger partial charge in [0.2, 0.25) is 0 Å². The van der Waals surface area contributed by atoms with E-state index in [-0.39, 0.29) is 5.48 Å². The van der Waals surface area contributed by atoms with Gasteiger partial charge in [0.15, 0.2) is 0 Å². The molecule has 0 aliphatic heterocycles. The van der Waals surface area contributed by atoms with E-state index in [2.05, 4.69) is 5.73 Å². The van der Waals surface area contributed by atoms with Crippen molar-refractivity contribution in [3.8, 4) is 0 Å². The highest BCUT2D eigenvalue weighted by Gasteiger charge is 2.51. The molecule has 0 amide bonds.